The Morgan fingerprint density at radius 2 is 1.78 bits per heavy atom. The zero-order valence-corrected chi connectivity index (χ0v) is 19.6. The van der Waals surface area contributed by atoms with Gasteiger partial charge >= 0.3 is 0 Å². The predicted octanol–water partition coefficient (Wildman–Crippen LogP) is 4.30. The molecule has 0 aromatic heterocycles. The average Bonchev–Trinajstić information content (AvgIpc) is 3.01. The number of rotatable bonds is 6. The van der Waals surface area contributed by atoms with Crippen LogP contribution in [0, 0.1) is 5.92 Å². The second-order valence-electron chi connectivity index (χ2n) is 9.32. The van der Waals surface area contributed by atoms with E-state index >= 15 is 0 Å². The zero-order chi connectivity index (χ0) is 22.5. The molecule has 2 amide bonds. The van der Waals surface area contributed by atoms with E-state index in [-0.39, 0.29) is 11.8 Å². The van der Waals surface area contributed by atoms with Gasteiger partial charge in [0.15, 0.2) is 0 Å². The van der Waals surface area contributed by atoms with Gasteiger partial charge in [-0.15, -0.1) is 0 Å². The third-order valence-electron chi connectivity index (χ3n) is 7.36. The van der Waals surface area contributed by atoms with Gasteiger partial charge < -0.3 is 9.80 Å². The highest BCUT2D eigenvalue weighted by Gasteiger charge is 2.33. The Labute approximate surface area is 192 Å². The van der Waals surface area contributed by atoms with Crippen LogP contribution in [0.1, 0.15) is 51.5 Å². The summed E-state index contributed by atoms with van der Waals surface area (Å²) in [7, 11) is 0. The van der Waals surface area contributed by atoms with Gasteiger partial charge in [0.05, 0.1) is 5.92 Å². The van der Waals surface area contributed by atoms with E-state index in [4.69, 9.17) is 0 Å². The van der Waals surface area contributed by atoms with Crippen molar-refractivity contribution in [2.75, 3.05) is 32.7 Å². The third-order valence-corrected chi connectivity index (χ3v) is 7.36. The quantitative estimate of drug-likeness (QED) is 0.679. The van der Waals surface area contributed by atoms with Crippen LogP contribution >= 0.6 is 0 Å². The summed E-state index contributed by atoms with van der Waals surface area (Å²) < 4.78 is 0. The molecule has 2 aromatic rings. The smallest absolute Gasteiger partial charge is 0.226 e. The molecule has 5 nitrogen and oxygen atoms in total. The molecule has 2 fully saturated rings. The minimum atomic E-state index is 0.108. The topological polar surface area (TPSA) is 43.9 Å². The minimum Gasteiger partial charge on any atom is -0.343 e. The molecule has 172 valence electrons. The molecule has 0 unspecified atom stereocenters. The van der Waals surface area contributed by atoms with Crippen molar-refractivity contribution in [1.82, 2.24) is 14.7 Å². The van der Waals surface area contributed by atoms with Crippen LogP contribution in [0.25, 0.3) is 10.8 Å². The Hall–Kier alpha value is -2.40. The normalized spacial score (nSPS) is 22.7. The predicted molar refractivity (Wildman–Crippen MR) is 129 cm³/mol. The lowest BCUT2D eigenvalue weighted by atomic mass is 9.93. The van der Waals surface area contributed by atoms with Crippen molar-refractivity contribution in [1.29, 1.82) is 0 Å². The van der Waals surface area contributed by atoms with Crippen LogP contribution < -0.4 is 0 Å². The second-order valence-corrected chi connectivity index (χ2v) is 9.32. The average molecular weight is 436 g/mol. The Morgan fingerprint density at radius 1 is 1.00 bits per heavy atom. The molecule has 0 saturated carbocycles. The summed E-state index contributed by atoms with van der Waals surface area (Å²) in [6, 6.07) is 15.3. The molecule has 5 heteroatoms. The van der Waals surface area contributed by atoms with Gasteiger partial charge in [-0.2, -0.15) is 0 Å². The van der Waals surface area contributed by atoms with Crippen LogP contribution in [0.5, 0.6) is 0 Å². The van der Waals surface area contributed by atoms with Crippen molar-refractivity contribution in [3.63, 3.8) is 0 Å². The van der Waals surface area contributed by atoms with E-state index in [0.717, 1.165) is 58.4 Å². The molecule has 0 aliphatic carbocycles. The lowest BCUT2D eigenvalue weighted by Gasteiger charge is -2.38. The van der Waals surface area contributed by atoms with Gasteiger partial charge in [-0.05, 0) is 68.5 Å². The molecule has 0 N–H and O–H groups in total. The fourth-order valence-corrected chi connectivity index (χ4v) is 5.45. The van der Waals surface area contributed by atoms with Gasteiger partial charge in [-0.25, -0.2) is 0 Å². The SMILES string of the molecule is CCN(CC)C(=O)[C@H]1CCCN([C@@H]2CCC(=O)N(Cc3ccc4ccccc4c3)CC2)C1. The number of carbonyl (C=O) groups excluding carboxylic acids is 2. The number of nitrogens with zero attached hydrogens (tertiary/aromatic N) is 3. The number of amides is 2. The van der Waals surface area contributed by atoms with Crippen molar-refractivity contribution < 1.29 is 9.59 Å². The first kappa shape index (κ1) is 22.8. The monoisotopic (exact) mass is 435 g/mol. The maximum atomic E-state index is 12.9. The van der Waals surface area contributed by atoms with Crippen LogP contribution in [0.4, 0.5) is 0 Å². The van der Waals surface area contributed by atoms with Crippen molar-refractivity contribution in [3.05, 3.63) is 48.0 Å². The van der Waals surface area contributed by atoms with Gasteiger partial charge in [0.25, 0.3) is 0 Å². The van der Waals surface area contributed by atoms with Gasteiger partial charge in [-0.1, -0.05) is 36.4 Å². The number of benzene rings is 2. The molecular weight excluding hydrogens is 398 g/mol. The van der Waals surface area contributed by atoms with Crippen LogP contribution in [0.2, 0.25) is 0 Å². The van der Waals surface area contributed by atoms with Gasteiger partial charge in [0.1, 0.15) is 0 Å². The summed E-state index contributed by atoms with van der Waals surface area (Å²) in [5.41, 5.74) is 1.19. The number of piperidine rings is 1. The Balaban J connectivity index is 1.38. The van der Waals surface area contributed by atoms with Crippen molar-refractivity contribution >= 4 is 22.6 Å². The van der Waals surface area contributed by atoms with Crippen LogP contribution in [0.3, 0.4) is 0 Å². The highest BCUT2D eigenvalue weighted by Crippen LogP contribution is 2.26. The van der Waals surface area contributed by atoms with Gasteiger partial charge in [-0.3, -0.25) is 14.5 Å². The largest absolute Gasteiger partial charge is 0.343 e. The van der Waals surface area contributed by atoms with Crippen molar-refractivity contribution in [2.45, 2.75) is 58.5 Å². The van der Waals surface area contributed by atoms with Crippen LogP contribution in [0.15, 0.2) is 42.5 Å². The van der Waals surface area contributed by atoms with Crippen LogP contribution in [-0.2, 0) is 16.1 Å². The molecule has 0 radical (unpaired) electrons. The summed E-state index contributed by atoms with van der Waals surface area (Å²) in [4.78, 5) is 32.3. The van der Waals surface area contributed by atoms with E-state index in [0.29, 0.717) is 24.9 Å². The molecule has 2 aliphatic rings. The lowest BCUT2D eigenvalue weighted by Crippen LogP contribution is -2.48. The summed E-state index contributed by atoms with van der Waals surface area (Å²) in [5, 5.41) is 2.46. The Morgan fingerprint density at radius 3 is 2.56 bits per heavy atom. The maximum Gasteiger partial charge on any atom is 0.226 e. The Kier molecular flexibility index (Phi) is 7.46. The number of fused-ring (bicyclic) bond motifs is 1. The van der Waals surface area contributed by atoms with E-state index in [1.807, 2.05) is 9.80 Å². The van der Waals surface area contributed by atoms with E-state index in [1.54, 1.807) is 0 Å². The fourth-order valence-electron chi connectivity index (χ4n) is 5.45. The van der Waals surface area contributed by atoms with E-state index in [9.17, 15) is 9.59 Å². The van der Waals surface area contributed by atoms with Crippen molar-refractivity contribution in [2.24, 2.45) is 5.92 Å². The molecule has 0 spiro atoms. The standard InChI is InChI=1S/C27H37N3O2/c1-3-28(4-2)27(32)24-10-7-16-29(20-24)25-13-14-26(31)30(17-15-25)19-21-11-12-22-8-5-6-9-23(22)18-21/h5-6,8-9,11-12,18,24-25H,3-4,7,10,13-17,19-20H2,1-2H3/t24-,25+/m0/s1. The highest BCUT2D eigenvalue weighted by atomic mass is 16.2. The third kappa shape index (κ3) is 5.15. The first-order valence-corrected chi connectivity index (χ1v) is 12.4. The van der Waals surface area contributed by atoms with E-state index in [1.165, 1.54) is 16.3 Å². The molecule has 2 atom stereocenters. The molecule has 2 aliphatic heterocycles. The minimum absolute atomic E-state index is 0.108. The van der Waals surface area contributed by atoms with E-state index < -0.39 is 0 Å². The number of likely N-dealkylation sites (tertiary alicyclic amines) is 2. The van der Waals surface area contributed by atoms with Gasteiger partial charge in [0.2, 0.25) is 11.8 Å². The molecular formula is C27H37N3O2. The zero-order valence-electron chi connectivity index (χ0n) is 19.6. The number of hydrogen-bond donors (Lipinski definition) is 0. The summed E-state index contributed by atoms with van der Waals surface area (Å²) >= 11 is 0. The first-order valence-electron chi connectivity index (χ1n) is 12.4. The Bertz CT molecular complexity index is 939. The number of carbonyl (C=O) groups is 2. The summed E-state index contributed by atoms with van der Waals surface area (Å²) in [5.74, 6) is 0.673. The fraction of sp³-hybridized carbons (Fsp3) is 0.556. The highest BCUT2D eigenvalue weighted by molar-refractivity contribution is 5.83. The maximum absolute atomic E-state index is 12.9. The van der Waals surface area contributed by atoms with Crippen LogP contribution in [-0.4, -0.2) is 65.3 Å². The van der Waals surface area contributed by atoms with E-state index in [2.05, 4.69) is 61.2 Å². The molecule has 0 bridgehead atoms. The first-order chi connectivity index (χ1) is 15.6. The van der Waals surface area contributed by atoms with Gasteiger partial charge in [0, 0.05) is 45.2 Å². The summed E-state index contributed by atoms with van der Waals surface area (Å²) in [6.07, 6.45) is 4.56. The lowest BCUT2D eigenvalue weighted by molar-refractivity contribution is -0.137. The molecule has 2 heterocycles. The molecule has 2 saturated heterocycles. The number of hydrogen-bond acceptors (Lipinski definition) is 3. The second kappa shape index (κ2) is 10.5. The molecule has 32 heavy (non-hydrogen) atoms. The van der Waals surface area contributed by atoms with Crippen molar-refractivity contribution in [3.8, 4) is 0 Å². The molecule has 4 rings (SSSR count). The summed E-state index contributed by atoms with van der Waals surface area (Å²) in [6.45, 7) is 9.05. The molecule has 2 aromatic carbocycles.